The van der Waals surface area contributed by atoms with Gasteiger partial charge >= 0.3 is 0 Å². The van der Waals surface area contributed by atoms with Gasteiger partial charge in [-0.05, 0) is 35.1 Å². The summed E-state index contributed by atoms with van der Waals surface area (Å²) in [5, 5.41) is 10.4. The van der Waals surface area contributed by atoms with Gasteiger partial charge in [-0.15, -0.1) is 23.2 Å². The Hall–Kier alpha value is -0.400. The fraction of sp³-hybridized carbons (Fsp3) is 0.571. The molecule has 0 aromatic heterocycles. The van der Waals surface area contributed by atoms with Gasteiger partial charge in [0.15, 0.2) is 0 Å². The lowest BCUT2D eigenvalue weighted by atomic mass is 9.93. The summed E-state index contributed by atoms with van der Waals surface area (Å²) in [6, 6.07) is 2.05. The third-order valence-electron chi connectivity index (χ3n) is 2.98. The van der Waals surface area contributed by atoms with E-state index in [1.54, 1.807) is 0 Å². The first kappa shape index (κ1) is 14.7. The first-order valence-corrected chi connectivity index (χ1v) is 7.23. The van der Waals surface area contributed by atoms with Crippen LogP contribution in [0.25, 0.3) is 0 Å². The summed E-state index contributed by atoms with van der Waals surface area (Å²) in [5.41, 5.74) is 4.03. The summed E-state index contributed by atoms with van der Waals surface area (Å²) in [6.07, 6.45) is 3.74. The van der Waals surface area contributed by atoms with Gasteiger partial charge in [0.25, 0.3) is 0 Å². The smallest absolute Gasteiger partial charge is 0.122 e. The van der Waals surface area contributed by atoms with E-state index in [2.05, 4.69) is 19.9 Å². The summed E-state index contributed by atoms with van der Waals surface area (Å²) in [6.45, 7) is 4.21. The first-order chi connectivity index (χ1) is 8.19. The Morgan fingerprint density at radius 3 is 1.65 bits per heavy atom. The second kappa shape index (κ2) is 7.13. The summed E-state index contributed by atoms with van der Waals surface area (Å²) in [5.74, 6) is 1.28. The minimum atomic E-state index is 0.419. The Morgan fingerprint density at radius 1 is 0.941 bits per heavy atom. The number of phenolic OH excluding ortho intramolecular Hbond substituents is 1. The minimum absolute atomic E-state index is 0.419. The molecule has 96 valence electrons. The molecule has 1 nitrogen and oxygen atoms in total. The van der Waals surface area contributed by atoms with Gasteiger partial charge < -0.3 is 5.11 Å². The van der Waals surface area contributed by atoms with Crippen molar-refractivity contribution < 1.29 is 5.11 Å². The van der Waals surface area contributed by atoms with Crippen LogP contribution in [0.1, 0.15) is 48.9 Å². The average Bonchev–Trinajstić information content (AvgIpc) is 2.34. The zero-order chi connectivity index (χ0) is 12.8. The minimum Gasteiger partial charge on any atom is -0.507 e. The molecule has 3 heteroatoms. The monoisotopic (exact) mass is 274 g/mol. The van der Waals surface area contributed by atoms with Crippen LogP contribution in [0.3, 0.4) is 0 Å². The molecule has 0 heterocycles. The van der Waals surface area contributed by atoms with Crippen LogP contribution >= 0.6 is 23.2 Å². The van der Waals surface area contributed by atoms with E-state index in [1.165, 1.54) is 0 Å². The lowest BCUT2D eigenvalue weighted by Crippen LogP contribution is -2.01. The van der Waals surface area contributed by atoms with Gasteiger partial charge in [-0.1, -0.05) is 32.8 Å². The summed E-state index contributed by atoms with van der Waals surface area (Å²) in [7, 11) is 0. The molecule has 0 aliphatic carbocycles. The predicted octanol–water partition coefficient (Wildman–Crippen LogP) is 4.77. The molecule has 1 rings (SSSR count). The molecule has 0 aliphatic rings. The predicted molar refractivity (Wildman–Crippen MR) is 75.2 cm³/mol. The highest BCUT2D eigenvalue weighted by Gasteiger charge is 2.15. The Morgan fingerprint density at radius 2 is 1.35 bits per heavy atom. The van der Waals surface area contributed by atoms with Gasteiger partial charge in [0.2, 0.25) is 0 Å². The van der Waals surface area contributed by atoms with E-state index in [0.717, 1.165) is 47.9 Å². The molecule has 1 aromatic carbocycles. The molecule has 0 unspecified atom stereocenters. The van der Waals surface area contributed by atoms with Crippen LogP contribution < -0.4 is 0 Å². The van der Waals surface area contributed by atoms with Crippen molar-refractivity contribution in [2.75, 3.05) is 0 Å². The molecule has 0 spiro atoms. The van der Waals surface area contributed by atoms with Crippen molar-refractivity contribution >= 4 is 23.2 Å². The highest BCUT2D eigenvalue weighted by molar-refractivity contribution is 6.18. The quantitative estimate of drug-likeness (QED) is 0.741. The van der Waals surface area contributed by atoms with Gasteiger partial charge in [-0.2, -0.15) is 0 Å². The van der Waals surface area contributed by atoms with E-state index >= 15 is 0 Å². The van der Waals surface area contributed by atoms with E-state index in [9.17, 15) is 5.11 Å². The maximum Gasteiger partial charge on any atom is 0.122 e. The number of halogens is 2. The molecular formula is C14H20Cl2O. The molecule has 0 bridgehead atoms. The van der Waals surface area contributed by atoms with Gasteiger partial charge in [0.1, 0.15) is 5.75 Å². The topological polar surface area (TPSA) is 20.2 Å². The fourth-order valence-corrected chi connectivity index (χ4v) is 2.64. The van der Waals surface area contributed by atoms with Crippen LogP contribution in [0.4, 0.5) is 0 Å². The van der Waals surface area contributed by atoms with Gasteiger partial charge in [-0.25, -0.2) is 0 Å². The lowest BCUT2D eigenvalue weighted by Gasteiger charge is -2.16. The van der Waals surface area contributed by atoms with E-state index in [4.69, 9.17) is 23.2 Å². The Bertz CT molecular complexity index is 343. The number of alkyl halides is 2. The van der Waals surface area contributed by atoms with E-state index in [-0.39, 0.29) is 0 Å². The number of aromatic hydroxyl groups is 1. The van der Waals surface area contributed by atoms with Gasteiger partial charge in [0, 0.05) is 11.8 Å². The van der Waals surface area contributed by atoms with E-state index in [1.807, 2.05) is 0 Å². The summed E-state index contributed by atoms with van der Waals surface area (Å²) in [4.78, 5) is 0. The van der Waals surface area contributed by atoms with Crippen LogP contribution in [0.15, 0.2) is 6.07 Å². The molecule has 0 saturated heterocycles. The molecule has 0 amide bonds. The molecule has 1 aromatic rings. The maximum absolute atomic E-state index is 10.4. The van der Waals surface area contributed by atoms with E-state index < -0.39 is 0 Å². The Balaban J connectivity index is 3.33. The standard InChI is InChI=1S/C14H20Cl2O/c1-3-5-12-10(8-15)7-11(9-16)13(6-4-2)14(12)17/h7,17H,3-6,8-9H2,1-2H3. The largest absolute Gasteiger partial charge is 0.507 e. The number of rotatable bonds is 6. The SMILES string of the molecule is CCCc1c(CCl)cc(CCl)c(CCC)c1O. The third kappa shape index (κ3) is 3.29. The van der Waals surface area contributed by atoms with E-state index in [0.29, 0.717) is 17.5 Å². The molecular weight excluding hydrogens is 255 g/mol. The van der Waals surface area contributed by atoms with Gasteiger partial charge in [-0.3, -0.25) is 0 Å². The summed E-state index contributed by atoms with van der Waals surface area (Å²) < 4.78 is 0. The van der Waals surface area contributed by atoms with Crippen LogP contribution in [0.2, 0.25) is 0 Å². The van der Waals surface area contributed by atoms with Crippen LogP contribution in [-0.2, 0) is 24.6 Å². The van der Waals surface area contributed by atoms with Crippen molar-refractivity contribution in [1.82, 2.24) is 0 Å². The molecule has 17 heavy (non-hydrogen) atoms. The Labute approximate surface area is 114 Å². The zero-order valence-electron chi connectivity index (χ0n) is 10.5. The van der Waals surface area contributed by atoms with Crippen molar-refractivity contribution in [1.29, 1.82) is 0 Å². The number of hydrogen-bond donors (Lipinski definition) is 1. The average molecular weight is 275 g/mol. The maximum atomic E-state index is 10.4. The molecule has 0 atom stereocenters. The van der Waals surface area contributed by atoms with Crippen molar-refractivity contribution in [2.24, 2.45) is 0 Å². The first-order valence-electron chi connectivity index (χ1n) is 6.16. The van der Waals surface area contributed by atoms with Crippen molar-refractivity contribution in [3.8, 4) is 5.75 Å². The van der Waals surface area contributed by atoms with Crippen molar-refractivity contribution in [3.05, 3.63) is 28.3 Å². The fourth-order valence-electron chi connectivity index (χ4n) is 2.17. The zero-order valence-corrected chi connectivity index (χ0v) is 12.0. The molecule has 0 radical (unpaired) electrons. The second-order valence-corrected chi connectivity index (χ2v) is 4.80. The highest BCUT2D eigenvalue weighted by Crippen LogP contribution is 2.33. The van der Waals surface area contributed by atoms with Crippen molar-refractivity contribution in [3.63, 3.8) is 0 Å². The number of benzene rings is 1. The number of phenols is 1. The molecule has 0 fully saturated rings. The van der Waals surface area contributed by atoms with Gasteiger partial charge in [0.05, 0.1) is 0 Å². The molecule has 0 aliphatic heterocycles. The lowest BCUT2D eigenvalue weighted by molar-refractivity contribution is 0.458. The highest BCUT2D eigenvalue weighted by atomic mass is 35.5. The molecule has 0 saturated carbocycles. The van der Waals surface area contributed by atoms with Crippen LogP contribution in [0.5, 0.6) is 5.75 Å². The Kier molecular flexibility index (Phi) is 6.15. The number of hydrogen-bond acceptors (Lipinski definition) is 1. The van der Waals surface area contributed by atoms with Crippen LogP contribution in [-0.4, -0.2) is 5.11 Å². The normalized spacial score (nSPS) is 10.8. The third-order valence-corrected chi connectivity index (χ3v) is 3.56. The summed E-state index contributed by atoms with van der Waals surface area (Å²) >= 11 is 11.9. The molecule has 1 N–H and O–H groups in total. The van der Waals surface area contributed by atoms with Crippen molar-refractivity contribution in [2.45, 2.75) is 51.3 Å². The van der Waals surface area contributed by atoms with Crippen LogP contribution in [0, 0.1) is 0 Å². The second-order valence-electron chi connectivity index (χ2n) is 4.27.